The number of rotatable bonds is 3. The highest BCUT2D eigenvalue weighted by atomic mass is 16.5. The Kier molecular flexibility index (Phi) is 4.94. The molecule has 3 aromatic rings. The third-order valence-electron chi connectivity index (χ3n) is 5.29. The van der Waals surface area contributed by atoms with Crippen molar-refractivity contribution in [3.8, 4) is 0 Å². The van der Waals surface area contributed by atoms with Gasteiger partial charge in [-0.3, -0.25) is 10.2 Å². The molecule has 150 valence electrons. The molecular formula is C21H23N5O3. The minimum atomic E-state index is -0.571. The number of fused-ring (bicyclic) bond motifs is 1. The second kappa shape index (κ2) is 7.56. The summed E-state index contributed by atoms with van der Waals surface area (Å²) in [6.45, 7) is 6.05. The molecule has 8 heteroatoms. The Balaban J connectivity index is 1.54. The Bertz CT molecular complexity index is 1120. The molecule has 0 saturated carbocycles. The number of benzene rings is 2. The van der Waals surface area contributed by atoms with Gasteiger partial charge >= 0.3 is 11.6 Å². The Morgan fingerprint density at radius 2 is 1.72 bits per heavy atom. The van der Waals surface area contributed by atoms with Crippen LogP contribution >= 0.6 is 0 Å². The molecule has 1 aliphatic heterocycles. The van der Waals surface area contributed by atoms with Gasteiger partial charge < -0.3 is 14.8 Å². The quantitative estimate of drug-likeness (QED) is 0.688. The molecule has 0 aliphatic carbocycles. The molecule has 2 aromatic carbocycles. The molecular weight excluding hydrogens is 370 g/mol. The van der Waals surface area contributed by atoms with Crippen molar-refractivity contribution in [1.29, 1.82) is 0 Å². The van der Waals surface area contributed by atoms with E-state index >= 15 is 0 Å². The number of hydrogen-bond acceptors (Lipinski definition) is 5. The van der Waals surface area contributed by atoms with E-state index in [1.54, 1.807) is 23.2 Å². The van der Waals surface area contributed by atoms with Gasteiger partial charge in [-0.2, -0.15) is 0 Å². The van der Waals surface area contributed by atoms with Crippen LogP contribution < -0.4 is 14.8 Å². The van der Waals surface area contributed by atoms with Crippen molar-refractivity contribution in [3.05, 3.63) is 75.6 Å². The van der Waals surface area contributed by atoms with Crippen LogP contribution in [0, 0.1) is 24.0 Å². The smallest absolute Gasteiger partial charge is 0.347 e. The van der Waals surface area contributed by atoms with Crippen LogP contribution in [0.2, 0.25) is 0 Å². The lowest BCUT2D eigenvalue weighted by Crippen LogP contribution is -2.54. The molecule has 0 spiro atoms. The van der Waals surface area contributed by atoms with E-state index in [1.807, 2.05) is 25.1 Å². The van der Waals surface area contributed by atoms with Gasteiger partial charge in [-0.15, -0.1) is 0 Å². The van der Waals surface area contributed by atoms with Crippen molar-refractivity contribution in [2.24, 2.45) is 0 Å². The molecule has 1 aromatic heterocycles. The number of hydrazine groups is 1. The lowest BCUT2D eigenvalue weighted by molar-refractivity contribution is -0.468. The van der Waals surface area contributed by atoms with Crippen LogP contribution in [0.4, 0.5) is 5.69 Å². The largest absolute Gasteiger partial charge is 0.805 e. The number of hydrogen-bond donors (Lipinski definition) is 1. The standard InChI is InChI=1S/C21H23N5O3/c1-15-8-9-18-19(14-15)26(29)20(16(2)25(18)28)21(27)22-24-12-10-23(11-13-24)17-6-4-3-5-7-17/h3-9,14H,10-13H2,1-2H3,(H,22,27). The van der Waals surface area contributed by atoms with Crippen molar-refractivity contribution in [3.63, 3.8) is 0 Å². The van der Waals surface area contributed by atoms with Crippen LogP contribution in [0.5, 0.6) is 0 Å². The van der Waals surface area contributed by atoms with Gasteiger partial charge in [0, 0.05) is 42.8 Å². The molecule has 1 saturated heterocycles. The third kappa shape index (κ3) is 3.54. The summed E-state index contributed by atoms with van der Waals surface area (Å²) in [5, 5.41) is 14.4. The molecule has 29 heavy (non-hydrogen) atoms. The fourth-order valence-corrected chi connectivity index (χ4v) is 3.68. The zero-order valence-corrected chi connectivity index (χ0v) is 16.5. The first-order valence-corrected chi connectivity index (χ1v) is 9.57. The van der Waals surface area contributed by atoms with Crippen molar-refractivity contribution >= 4 is 22.6 Å². The third-order valence-corrected chi connectivity index (χ3v) is 5.29. The summed E-state index contributed by atoms with van der Waals surface area (Å²) < 4.78 is 1.20. The normalized spacial score (nSPS) is 14.9. The molecule has 0 atom stereocenters. The van der Waals surface area contributed by atoms with Crippen molar-refractivity contribution in [1.82, 2.24) is 15.2 Å². The predicted octanol–water partition coefficient (Wildman–Crippen LogP) is 1.99. The SMILES string of the molecule is Cc1ccc2c(c1)[n+](=O)c(C(=O)NN1CCN(c3ccccc3)CC1)c(C)n2[O-]. The Labute approximate surface area is 168 Å². The van der Waals surface area contributed by atoms with E-state index in [2.05, 4.69) is 22.5 Å². The zero-order valence-electron chi connectivity index (χ0n) is 16.5. The lowest BCUT2D eigenvalue weighted by Gasteiger charge is -2.35. The monoisotopic (exact) mass is 393 g/mol. The lowest BCUT2D eigenvalue weighted by atomic mass is 10.2. The maximum Gasteiger partial charge on any atom is 0.347 e. The highest BCUT2D eigenvalue weighted by molar-refractivity contribution is 5.92. The number of aromatic nitrogens is 2. The molecule has 1 fully saturated rings. The molecule has 1 amide bonds. The van der Waals surface area contributed by atoms with Gasteiger partial charge in [-0.05, 0) is 37.6 Å². The molecule has 0 radical (unpaired) electrons. The summed E-state index contributed by atoms with van der Waals surface area (Å²) in [5.74, 6) is -0.571. The molecule has 4 rings (SSSR count). The number of carbonyl (C=O) groups excluding carboxylic acids is 1. The van der Waals surface area contributed by atoms with Gasteiger partial charge in [0.25, 0.3) is 5.52 Å². The summed E-state index contributed by atoms with van der Waals surface area (Å²) in [4.78, 5) is 27.9. The Hall–Kier alpha value is -3.39. The molecule has 8 nitrogen and oxygen atoms in total. The van der Waals surface area contributed by atoms with Gasteiger partial charge in [0.2, 0.25) is 0 Å². The topological polar surface area (TPSA) is 86.5 Å². The Morgan fingerprint density at radius 1 is 1.03 bits per heavy atom. The molecule has 0 bridgehead atoms. The summed E-state index contributed by atoms with van der Waals surface area (Å²) in [5.41, 5.74) is 5.11. The van der Waals surface area contributed by atoms with E-state index in [9.17, 15) is 14.9 Å². The minimum absolute atomic E-state index is 0.0803. The zero-order chi connectivity index (χ0) is 20.5. The molecule has 2 heterocycles. The summed E-state index contributed by atoms with van der Waals surface area (Å²) >= 11 is 0. The van der Waals surface area contributed by atoms with E-state index < -0.39 is 5.91 Å². The number of nitrogens with one attached hydrogen (secondary N) is 1. The fraction of sp³-hybridized carbons (Fsp3) is 0.286. The van der Waals surface area contributed by atoms with E-state index in [0.717, 1.165) is 24.3 Å². The van der Waals surface area contributed by atoms with Crippen molar-refractivity contribution in [2.75, 3.05) is 31.1 Å². The average Bonchev–Trinajstić information content (AvgIpc) is 2.73. The van der Waals surface area contributed by atoms with Gasteiger partial charge in [-0.1, -0.05) is 24.3 Å². The van der Waals surface area contributed by atoms with Crippen molar-refractivity contribution < 1.29 is 9.22 Å². The summed E-state index contributed by atoms with van der Waals surface area (Å²) in [6, 6.07) is 15.1. The second-order valence-corrected chi connectivity index (χ2v) is 7.27. The Morgan fingerprint density at radius 3 is 2.41 bits per heavy atom. The highest BCUT2D eigenvalue weighted by Crippen LogP contribution is 2.17. The maximum atomic E-state index is 12.9. The molecule has 1 aliphatic rings. The average molecular weight is 393 g/mol. The molecule has 1 N–H and O–H groups in total. The number of anilines is 1. The van der Waals surface area contributed by atoms with Gasteiger partial charge in [0.15, 0.2) is 0 Å². The minimum Gasteiger partial charge on any atom is -0.805 e. The van der Waals surface area contributed by atoms with Crippen LogP contribution in [-0.2, 0) is 0 Å². The summed E-state index contributed by atoms with van der Waals surface area (Å²) in [7, 11) is 0. The van der Waals surface area contributed by atoms with Crippen LogP contribution in [-0.4, -0.2) is 41.8 Å². The first-order valence-electron chi connectivity index (χ1n) is 9.57. The van der Waals surface area contributed by atoms with Gasteiger partial charge in [0.05, 0.1) is 10.1 Å². The van der Waals surface area contributed by atoms with Gasteiger partial charge in [0.1, 0.15) is 5.52 Å². The van der Waals surface area contributed by atoms with Gasteiger partial charge in [-0.25, -0.2) is 5.01 Å². The van der Waals surface area contributed by atoms with E-state index in [1.165, 1.54) is 6.92 Å². The first kappa shape index (κ1) is 18.9. The van der Waals surface area contributed by atoms with Crippen LogP contribution in [0.25, 0.3) is 11.0 Å². The number of nitrogens with zero attached hydrogens (tertiary/aromatic N) is 4. The second-order valence-electron chi connectivity index (χ2n) is 7.27. The highest BCUT2D eigenvalue weighted by Gasteiger charge is 2.29. The first-order chi connectivity index (χ1) is 14.0. The van der Waals surface area contributed by atoms with E-state index in [4.69, 9.17) is 0 Å². The number of aryl methyl sites for hydroxylation is 1. The number of amides is 1. The van der Waals surface area contributed by atoms with Crippen LogP contribution in [0.15, 0.2) is 48.5 Å². The van der Waals surface area contributed by atoms with Crippen molar-refractivity contribution in [2.45, 2.75) is 13.8 Å². The molecule has 0 unspecified atom stereocenters. The van der Waals surface area contributed by atoms with E-state index in [0.29, 0.717) is 22.2 Å². The summed E-state index contributed by atoms with van der Waals surface area (Å²) in [6.07, 6.45) is 0. The number of piperazine rings is 1. The van der Waals surface area contributed by atoms with E-state index in [-0.39, 0.29) is 22.4 Å². The predicted molar refractivity (Wildman–Crippen MR) is 111 cm³/mol. The van der Waals surface area contributed by atoms with Crippen LogP contribution in [0.3, 0.4) is 0 Å². The maximum absolute atomic E-state index is 12.9. The fourth-order valence-electron chi connectivity index (χ4n) is 3.68. The van der Waals surface area contributed by atoms with Crippen LogP contribution in [0.1, 0.15) is 21.7 Å². The number of carbonyl (C=O) groups is 1. The number of para-hydroxylation sites is 1.